The number of nitro groups is 1. The first-order chi connectivity index (χ1) is 7.66. The van der Waals surface area contributed by atoms with Crippen LogP contribution in [0, 0.1) is 10.1 Å². The third-order valence-corrected chi connectivity index (χ3v) is 2.77. The molecular weight excluding hydrogens is 276 g/mol. The fourth-order valence-corrected chi connectivity index (χ4v) is 1.71. The molecule has 6 heteroatoms. The van der Waals surface area contributed by atoms with Crippen molar-refractivity contribution in [2.75, 3.05) is 20.2 Å². The van der Waals surface area contributed by atoms with E-state index >= 15 is 0 Å². The van der Waals surface area contributed by atoms with Crippen molar-refractivity contribution in [2.45, 2.75) is 6.42 Å². The summed E-state index contributed by atoms with van der Waals surface area (Å²) in [4.78, 5) is 10.2. The minimum absolute atomic E-state index is 0.0196. The zero-order valence-corrected chi connectivity index (χ0v) is 10.5. The zero-order chi connectivity index (χ0) is 12.0. The van der Waals surface area contributed by atoms with Gasteiger partial charge in [-0.15, -0.1) is 0 Å². The number of ether oxygens (including phenoxy) is 1. The maximum absolute atomic E-state index is 10.7. The lowest BCUT2D eigenvalue weighted by molar-refractivity contribution is -0.385. The van der Waals surface area contributed by atoms with Crippen LogP contribution in [0.3, 0.4) is 0 Å². The van der Waals surface area contributed by atoms with E-state index in [1.807, 2.05) is 7.05 Å². The van der Waals surface area contributed by atoms with E-state index < -0.39 is 4.92 Å². The average molecular weight is 289 g/mol. The fourth-order valence-electron chi connectivity index (χ4n) is 1.18. The summed E-state index contributed by atoms with van der Waals surface area (Å²) >= 11 is 3.17. The van der Waals surface area contributed by atoms with Gasteiger partial charge in [-0.1, -0.05) is 6.07 Å². The molecule has 1 aromatic rings. The fraction of sp³-hybridized carbons (Fsp3) is 0.400. The first-order valence-corrected chi connectivity index (χ1v) is 5.66. The lowest BCUT2D eigenvalue weighted by Gasteiger charge is -2.07. The van der Waals surface area contributed by atoms with Gasteiger partial charge in [0, 0.05) is 6.07 Å². The maximum Gasteiger partial charge on any atom is 0.287 e. The highest BCUT2D eigenvalue weighted by atomic mass is 79.9. The molecule has 0 fully saturated rings. The van der Waals surface area contributed by atoms with Crippen LogP contribution in [0.15, 0.2) is 22.7 Å². The van der Waals surface area contributed by atoms with Gasteiger partial charge in [-0.3, -0.25) is 10.1 Å². The predicted molar refractivity (Wildman–Crippen MR) is 64.8 cm³/mol. The number of rotatable bonds is 6. The SMILES string of the molecule is CNCCCOc1cccc([N+](=O)[O-])c1Br. The van der Waals surface area contributed by atoms with Crippen LogP contribution < -0.4 is 10.1 Å². The zero-order valence-electron chi connectivity index (χ0n) is 8.90. The molecule has 1 N–H and O–H groups in total. The Balaban J connectivity index is 2.66. The molecule has 16 heavy (non-hydrogen) atoms. The standard InChI is InChI=1S/C10H13BrN2O3/c1-12-6-3-7-16-9-5-2-4-8(10(9)11)13(14)15/h2,4-5,12H,3,6-7H2,1H3. The third kappa shape index (κ3) is 3.46. The van der Waals surface area contributed by atoms with Crippen molar-refractivity contribution in [2.24, 2.45) is 0 Å². The van der Waals surface area contributed by atoms with E-state index in [0.717, 1.165) is 13.0 Å². The molecule has 0 bridgehead atoms. The number of hydrogen-bond acceptors (Lipinski definition) is 4. The second-order valence-electron chi connectivity index (χ2n) is 3.15. The van der Waals surface area contributed by atoms with Crippen LogP contribution in [0.2, 0.25) is 0 Å². The molecule has 5 nitrogen and oxygen atoms in total. The molecule has 0 saturated carbocycles. The summed E-state index contributed by atoms with van der Waals surface area (Å²) in [5.41, 5.74) is 0.0196. The summed E-state index contributed by atoms with van der Waals surface area (Å²) in [5.74, 6) is 0.505. The predicted octanol–water partition coefficient (Wildman–Crippen LogP) is 2.35. The minimum Gasteiger partial charge on any atom is -0.492 e. The highest BCUT2D eigenvalue weighted by Gasteiger charge is 2.15. The van der Waals surface area contributed by atoms with Crippen molar-refractivity contribution < 1.29 is 9.66 Å². The van der Waals surface area contributed by atoms with Crippen molar-refractivity contribution >= 4 is 21.6 Å². The van der Waals surface area contributed by atoms with Crippen molar-refractivity contribution in [3.8, 4) is 5.75 Å². The highest BCUT2D eigenvalue weighted by Crippen LogP contribution is 2.33. The van der Waals surface area contributed by atoms with Gasteiger partial charge in [-0.05, 0) is 42.0 Å². The van der Waals surface area contributed by atoms with Gasteiger partial charge in [0.05, 0.1) is 11.5 Å². The van der Waals surface area contributed by atoms with Crippen LogP contribution >= 0.6 is 15.9 Å². The molecule has 1 aromatic carbocycles. The van der Waals surface area contributed by atoms with Crippen molar-refractivity contribution in [1.29, 1.82) is 0 Å². The van der Waals surface area contributed by atoms with Crippen LogP contribution in [-0.4, -0.2) is 25.1 Å². The van der Waals surface area contributed by atoms with Crippen LogP contribution in [0.25, 0.3) is 0 Å². The Hall–Kier alpha value is -1.14. The third-order valence-electron chi connectivity index (χ3n) is 1.97. The Labute approximate surface area is 102 Å². The average Bonchev–Trinajstić information content (AvgIpc) is 2.26. The monoisotopic (exact) mass is 288 g/mol. The van der Waals surface area contributed by atoms with Gasteiger partial charge in [-0.2, -0.15) is 0 Å². The number of nitrogens with one attached hydrogen (secondary N) is 1. The number of benzene rings is 1. The molecule has 0 unspecified atom stereocenters. The topological polar surface area (TPSA) is 64.4 Å². The summed E-state index contributed by atoms with van der Waals surface area (Å²) in [6.45, 7) is 1.38. The molecule has 0 aliphatic carbocycles. The summed E-state index contributed by atoms with van der Waals surface area (Å²) in [5, 5.41) is 13.7. The molecule has 0 saturated heterocycles. The second kappa shape index (κ2) is 6.44. The molecule has 0 aromatic heterocycles. The molecular formula is C10H13BrN2O3. The second-order valence-corrected chi connectivity index (χ2v) is 3.94. The van der Waals surface area contributed by atoms with Gasteiger partial charge in [0.2, 0.25) is 0 Å². The summed E-state index contributed by atoms with van der Waals surface area (Å²) in [7, 11) is 1.86. The van der Waals surface area contributed by atoms with Crippen molar-refractivity contribution in [3.63, 3.8) is 0 Å². The number of halogens is 1. The highest BCUT2D eigenvalue weighted by molar-refractivity contribution is 9.10. The largest absolute Gasteiger partial charge is 0.492 e. The quantitative estimate of drug-likeness (QED) is 0.496. The van der Waals surface area contributed by atoms with Gasteiger partial charge in [0.15, 0.2) is 0 Å². The Bertz CT molecular complexity index is 371. The Morgan fingerprint density at radius 3 is 2.94 bits per heavy atom. The lowest BCUT2D eigenvalue weighted by atomic mass is 10.3. The Morgan fingerprint density at radius 2 is 2.31 bits per heavy atom. The maximum atomic E-state index is 10.7. The lowest BCUT2D eigenvalue weighted by Crippen LogP contribution is -2.11. The number of nitro benzene ring substituents is 1. The van der Waals surface area contributed by atoms with Gasteiger partial charge in [-0.25, -0.2) is 0 Å². The first-order valence-electron chi connectivity index (χ1n) is 4.87. The van der Waals surface area contributed by atoms with Gasteiger partial charge in [0.1, 0.15) is 10.2 Å². The van der Waals surface area contributed by atoms with E-state index in [1.165, 1.54) is 6.07 Å². The van der Waals surface area contributed by atoms with Crippen LogP contribution in [0.5, 0.6) is 5.75 Å². The normalized spacial score (nSPS) is 10.1. The summed E-state index contributed by atoms with van der Waals surface area (Å²) in [6.07, 6.45) is 0.853. The molecule has 0 heterocycles. The molecule has 0 amide bonds. The van der Waals surface area contributed by atoms with Gasteiger partial charge in [0.25, 0.3) is 5.69 Å². The Kier molecular flexibility index (Phi) is 5.21. The minimum atomic E-state index is -0.440. The van der Waals surface area contributed by atoms with E-state index in [9.17, 15) is 10.1 Å². The molecule has 0 atom stereocenters. The molecule has 0 spiro atoms. The van der Waals surface area contributed by atoms with E-state index in [1.54, 1.807) is 12.1 Å². The van der Waals surface area contributed by atoms with Gasteiger partial charge < -0.3 is 10.1 Å². The van der Waals surface area contributed by atoms with Crippen LogP contribution in [-0.2, 0) is 0 Å². The van der Waals surface area contributed by atoms with Crippen LogP contribution in [0.4, 0.5) is 5.69 Å². The van der Waals surface area contributed by atoms with Crippen LogP contribution in [0.1, 0.15) is 6.42 Å². The summed E-state index contributed by atoms with van der Waals surface area (Å²) in [6, 6.07) is 4.75. The van der Waals surface area contributed by atoms with E-state index in [4.69, 9.17) is 4.74 Å². The van der Waals surface area contributed by atoms with Crippen molar-refractivity contribution in [1.82, 2.24) is 5.32 Å². The van der Waals surface area contributed by atoms with E-state index in [2.05, 4.69) is 21.2 Å². The molecule has 88 valence electrons. The number of hydrogen-bond donors (Lipinski definition) is 1. The molecule has 1 rings (SSSR count). The van der Waals surface area contributed by atoms with Crippen molar-refractivity contribution in [3.05, 3.63) is 32.8 Å². The first kappa shape index (κ1) is 12.9. The molecule has 0 aliphatic heterocycles. The van der Waals surface area contributed by atoms with E-state index in [0.29, 0.717) is 16.8 Å². The molecule has 0 aliphatic rings. The van der Waals surface area contributed by atoms with Gasteiger partial charge >= 0.3 is 0 Å². The summed E-state index contributed by atoms with van der Waals surface area (Å²) < 4.78 is 5.83. The molecule has 0 radical (unpaired) electrons. The number of nitrogens with zero attached hydrogens (tertiary/aromatic N) is 1. The Morgan fingerprint density at radius 1 is 1.56 bits per heavy atom. The smallest absolute Gasteiger partial charge is 0.287 e. The van der Waals surface area contributed by atoms with E-state index in [-0.39, 0.29) is 5.69 Å².